The second-order valence-electron chi connectivity index (χ2n) is 4.42. The first kappa shape index (κ1) is 14.6. The van der Waals surface area contributed by atoms with Crippen molar-refractivity contribution in [2.24, 2.45) is 0 Å². The lowest BCUT2D eigenvalue weighted by Crippen LogP contribution is -2.51. The number of nitrogens with zero attached hydrogens (tertiary/aromatic N) is 1. The molecule has 0 unspecified atom stereocenters. The van der Waals surface area contributed by atoms with Crippen LogP contribution in [-0.4, -0.2) is 42.2 Å². The zero-order valence-corrected chi connectivity index (χ0v) is 10.1. The molecule has 0 aromatic heterocycles. The Morgan fingerprint density at radius 1 is 1.06 bits per heavy atom. The molecule has 0 spiro atoms. The molecule has 0 bridgehead atoms. The fourth-order valence-corrected chi connectivity index (χ4v) is 2.21. The predicted octanol–water partition coefficient (Wildman–Crippen LogP) is 1.71. The Hall–Kier alpha value is -0.490. The van der Waals surface area contributed by atoms with Crippen LogP contribution in [0.1, 0.15) is 25.7 Å². The van der Waals surface area contributed by atoms with E-state index in [9.17, 15) is 18.0 Å². The second kappa shape index (κ2) is 5.44. The maximum atomic E-state index is 12.4. The van der Waals surface area contributed by atoms with Crippen LogP contribution in [0.3, 0.4) is 0 Å². The molecule has 1 aliphatic carbocycles. The summed E-state index contributed by atoms with van der Waals surface area (Å²) in [6.45, 7) is 1.39. The number of carbonyl (C=O) groups excluding carboxylic acids is 1. The molecule has 0 atom stereocenters. The van der Waals surface area contributed by atoms with Crippen LogP contribution in [0.4, 0.5) is 13.2 Å². The fourth-order valence-electron chi connectivity index (χ4n) is 2.21. The van der Waals surface area contributed by atoms with Crippen LogP contribution in [0.5, 0.6) is 0 Å². The van der Waals surface area contributed by atoms with Crippen LogP contribution in [0.2, 0.25) is 0 Å². The molecule has 1 heterocycles. The van der Waals surface area contributed by atoms with Gasteiger partial charge >= 0.3 is 12.1 Å². The summed E-state index contributed by atoms with van der Waals surface area (Å²) in [6, 6.07) is -0.403. The molecule has 2 fully saturated rings. The Morgan fingerprint density at radius 2 is 1.53 bits per heavy atom. The zero-order chi connectivity index (χ0) is 11.8. The van der Waals surface area contributed by atoms with Gasteiger partial charge in [-0.05, 0) is 38.8 Å². The molecule has 3 nitrogen and oxygen atoms in total. The first-order valence-electron chi connectivity index (χ1n) is 5.60. The van der Waals surface area contributed by atoms with Crippen molar-refractivity contribution in [1.82, 2.24) is 10.2 Å². The number of piperidine rings is 1. The Morgan fingerprint density at radius 3 is 1.94 bits per heavy atom. The standard InChI is InChI=1S/C10H15F3N2O.ClH/c11-10(12,13)9(16)15(7-1-2-7)8-3-5-14-6-4-8;/h7-8,14H,1-6H2;1H. The maximum Gasteiger partial charge on any atom is 0.471 e. The van der Waals surface area contributed by atoms with E-state index in [4.69, 9.17) is 0 Å². The minimum absolute atomic E-state index is 0. The number of halogens is 4. The third kappa shape index (κ3) is 3.48. The topological polar surface area (TPSA) is 32.3 Å². The number of hydrogen-bond donors (Lipinski definition) is 1. The molecule has 2 rings (SSSR count). The van der Waals surface area contributed by atoms with Gasteiger partial charge in [-0.2, -0.15) is 13.2 Å². The summed E-state index contributed by atoms with van der Waals surface area (Å²) >= 11 is 0. The van der Waals surface area contributed by atoms with Crippen LogP contribution in [0.25, 0.3) is 0 Å². The molecular weight excluding hydrogens is 257 g/mol. The minimum atomic E-state index is -4.73. The molecule has 100 valence electrons. The van der Waals surface area contributed by atoms with Crippen LogP contribution < -0.4 is 5.32 Å². The van der Waals surface area contributed by atoms with Gasteiger partial charge in [0.25, 0.3) is 0 Å². The van der Waals surface area contributed by atoms with Crippen molar-refractivity contribution in [3.63, 3.8) is 0 Å². The number of rotatable bonds is 2. The van der Waals surface area contributed by atoms with E-state index in [1.807, 2.05) is 0 Å². The van der Waals surface area contributed by atoms with Gasteiger partial charge in [-0.25, -0.2) is 0 Å². The maximum absolute atomic E-state index is 12.4. The first-order valence-corrected chi connectivity index (χ1v) is 5.60. The normalized spacial score (nSPS) is 21.8. The quantitative estimate of drug-likeness (QED) is 0.830. The molecule has 0 radical (unpaired) electrons. The van der Waals surface area contributed by atoms with Gasteiger partial charge in [0.15, 0.2) is 0 Å². The number of nitrogens with one attached hydrogen (secondary N) is 1. The van der Waals surface area contributed by atoms with E-state index in [1.54, 1.807) is 0 Å². The lowest BCUT2D eigenvalue weighted by atomic mass is 10.0. The van der Waals surface area contributed by atoms with Crippen molar-refractivity contribution in [3.8, 4) is 0 Å². The van der Waals surface area contributed by atoms with E-state index in [0.717, 1.165) is 4.90 Å². The van der Waals surface area contributed by atoms with Gasteiger partial charge in [0.2, 0.25) is 0 Å². The third-order valence-electron chi connectivity index (χ3n) is 3.12. The lowest BCUT2D eigenvalue weighted by molar-refractivity contribution is -0.189. The molecule has 7 heteroatoms. The molecule has 1 aliphatic heterocycles. The van der Waals surface area contributed by atoms with Crippen molar-refractivity contribution in [1.29, 1.82) is 0 Å². The van der Waals surface area contributed by atoms with Crippen molar-refractivity contribution in [2.75, 3.05) is 13.1 Å². The highest BCUT2D eigenvalue weighted by Crippen LogP contribution is 2.34. The SMILES string of the molecule is Cl.O=C(N(C1CCNCC1)C1CC1)C(F)(F)F. The summed E-state index contributed by atoms with van der Waals surface area (Å²) in [6.07, 6.45) is -2.05. The van der Waals surface area contributed by atoms with Gasteiger partial charge in [0.1, 0.15) is 0 Å². The predicted molar refractivity (Wildman–Crippen MR) is 59.1 cm³/mol. The van der Waals surface area contributed by atoms with E-state index >= 15 is 0 Å². The Balaban J connectivity index is 0.00000144. The van der Waals surface area contributed by atoms with Gasteiger partial charge in [0, 0.05) is 12.1 Å². The molecule has 17 heavy (non-hydrogen) atoms. The third-order valence-corrected chi connectivity index (χ3v) is 3.12. The largest absolute Gasteiger partial charge is 0.471 e. The molecule has 0 aromatic carbocycles. The number of carbonyl (C=O) groups is 1. The van der Waals surface area contributed by atoms with Gasteiger partial charge in [-0.3, -0.25) is 4.79 Å². The monoisotopic (exact) mass is 272 g/mol. The van der Waals surface area contributed by atoms with Crippen molar-refractivity contribution in [2.45, 2.75) is 43.9 Å². The second-order valence-corrected chi connectivity index (χ2v) is 4.42. The number of alkyl halides is 3. The molecule has 1 saturated heterocycles. The van der Waals surface area contributed by atoms with Crippen LogP contribution in [0, 0.1) is 0 Å². The summed E-state index contributed by atoms with van der Waals surface area (Å²) in [7, 11) is 0. The molecular formula is C10H16ClF3N2O. The zero-order valence-electron chi connectivity index (χ0n) is 9.29. The van der Waals surface area contributed by atoms with E-state index in [-0.39, 0.29) is 24.5 Å². The summed E-state index contributed by atoms with van der Waals surface area (Å²) in [5.41, 5.74) is 0. The van der Waals surface area contributed by atoms with E-state index in [1.165, 1.54) is 0 Å². The highest BCUT2D eigenvalue weighted by Gasteiger charge is 2.49. The molecule has 0 aromatic rings. The van der Waals surface area contributed by atoms with Gasteiger partial charge in [-0.1, -0.05) is 0 Å². The summed E-state index contributed by atoms with van der Waals surface area (Å²) in [4.78, 5) is 12.4. The average molecular weight is 273 g/mol. The lowest BCUT2D eigenvalue weighted by Gasteiger charge is -2.35. The van der Waals surface area contributed by atoms with E-state index in [0.29, 0.717) is 38.8 Å². The highest BCUT2D eigenvalue weighted by molar-refractivity contribution is 5.85. The molecule has 1 amide bonds. The van der Waals surface area contributed by atoms with Crippen molar-refractivity contribution >= 4 is 18.3 Å². The first-order chi connectivity index (χ1) is 7.50. The Bertz CT molecular complexity index is 275. The van der Waals surface area contributed by atoms with Crippen molar-refractivity contribution < 1.29 is 18.0 Å². The summed E-state index contributed by atoms with van der Waals surface area (Å²) < 4.78 is 37.3. The van der Waals surface area contributed by atoms with E-state index in [2.05, 4.69) is 5.32 Å². The number of hydrogen-bond acceptors (Lipinski definition) is 2. The molecule has 2 aliphatic rings. The van der Waals surface area contributed by atoms with Gasteiger partial charge in [0.05, 0.1) is 0 Å². The average Bonchev–Trinajstić information content (AvgIpc) is 3.02. The van der Waals surface area contributed by atoms with Crippen LogP contribution in [-0.2, 0) is 4.79 Å². The van der Waals surface area contributed by atoms with Crippen molar-refractivity contribution in [3.05, 3.63) is 0 Å². The summed E-state index contributed by atoms with van der Waals surface area (Å²) in [5.74, 6) is -1.65. The fraction of sp³-hybridized carbons (Fsp3) is 0.900. The smallest absolute Gasteiger partial charge is 0.329 e. The summed E-state index contributed by atoms with van der Waals surface area (Å²) in [5, 5.41) is 3.09. The van der Waals surface area contributed by atoms with Gasteiger partial charge in [-0.15, -0.1) is 12.4 Å². The van der Waals surface area contributed by atoms with Crippen LogP contribution in [0.15, 0.2) is 0 Å². The Kier molecular flexibility index (Phi) is 4.66. The minimum Gasteiger partial charge on any atom is -0.329 e. The van der Waals surface area contributed by atoms with E-state index < -0.39 is 12.1 Å². The Labute approximate surface area is 104 Å². The number of amides is 1. The van der Waals surface area contributed by atoms with Gasteiger partial charge < -0.3 is 10.2 Å². The molecule has 1 saturated carbocycles. The molecule has 1 N–H and O–H groups in total. The van der Waals surface area contributed by atoms with Crippen LogP contribution >= 0.6 is 12.4 Å². The highest BCUT2D eigenvalue weighted by atomic mass is 35.5.